The zero-order valence-electron chi connectivity index (χ0n) is 13.3. The predicted octanol–water partition coefficient (Wildman–Crippen LogP) is 1.25. The van der Waals surface area contributed by atoms with E-state index in [1.54, 1.807) is 10.8 Å². The highest BCUT2D eigenvalue weighted by Gasteiger charge is 2.15. The van der Waals surface area contributed by atoms with Crippen molar-refractivity contribution in [1.29, 1.82) is 0 Å². The Morgan fingerprint density at radius 3 is 2.23 bits per heavy atom. The summed E-state index contributed by atoms with van der Waals surface area (Å²) in [5, 5.41) is 12.0. The quantitative estimate of drug-likeness (QED) is 0.713. The Morgan fingerprint density at radius 2 is 1.64 bits per heavy atom. The predicted molar refractivity (Wildman–Crippen MR) is 97.3 cm³/mol. The molecule has 1 aliphatic heterocycles. The van der Waals surface area contributed by atoms with Crippen LogP contribution in [0.5, 0.6) is 0 Å². The Morgan fingerprint density at radius 1 is 1.00 bits per heavy atom. The minimum atomic E-state index is 0.469. The van der Waals surface area contributed by atoms with E-state index in [0.717, 1.165) is 57.4 Å². The van der Waals surface area contributed by atoms with Crippen LogP contribution in [0.25, 0.3) is 0 Å². The fourth-order valence-electron chi connectivity index (χ4n) is 2.23. The van der Waals surface area contributed by atoms with Crippen molar-refractivity contribution in [2.24, 2.45) is 0 Å². The lowest BCUT2D eigenvalue weighted by atomic mass is 10.4. The lowest BCUT2D eigenvalue weighted by Gasteiger charge is -2.28. The number of aromatic nitrogens is 1. The summed E-state index contributed by atoms with van der Waals surface area (Å²) >= 11 is 0. The first-order chi connectivity index (χ1) is 10.9. The molecule has 0 spiro atoms. The van der Waals surface area contributed by atoms with Crippen molar-refractivity contribution in [3.05, 3.63) is 24.4 Å². The highest BCUT2D eigenvalue weighted by molar-refractivity contribution is 8.76. The van der Waals surface area contributed by atoms with E-state index in [1.165, 1.54) is 0 Å². The topological polar surface area (TPSA) is 52.2 Å². The Hall–Kier alpha value is -0.310. The molecule has 2 rings (SSSR count). The molecular weight excluding hydrogens is 314 g/mol. The third kappa shape index (κ3) is 7.30. The van der Waals surface area contributed by atoms with Crippen LogP contribution in [0.2, 0.25) is 0 Å². The van der Waals surface area contributed by atoms with E-state index < -0.39 is 0 Å². The van der Waals surface area contributed by atoms with Crippen molar-refractivity contribution in [2.45, 2.75) is 17.3 Å². The lowest BCUT2D eigenvalue weighted by Crippen LogP contribution is -2.43. The van der Waals surface area contributed by atoms with Gasteiger partial charge in [0.25, 0.3) is 0 Å². The molecule has 3 N–H and O–H groups in total. The van der Waals surface area contributed by atoms with Crippen LogP contribution in [0.3, 0.4) is 0 Å². The largest absolute Gasteiger partial charge is 0.314 e. The average molecular weight is 342 g/mol. The van der Waals surface area contributed by atoms with Crippen molar-refractivity contribution < 1.29 is 0 Å². The molecule has 1 saturated heterocycles. The van der Waals surface area contributed by atoms with Gasteiger partial charge in [0.2, 0.25) is 0 Å². The van der Waals surface area contributed by atoms with Gasteiger partial charge in [-0.15, -0.1) is 0 Å². The number of rotatable bonds is 4. The summed E-state index contributed by atoms with van der Waals surface area (Å²) in [6.07, 6.45) is 1.85. The maximum absolute atomic E-state index is 4.37. The SMILES string of the molecule is CC(SSc1ccccn1)N1CCNCCNCCNCC1. The van der Waals surface area contributed by atoms with E-state index >= 15 is 0 Å². The normalized spacial score (nSPS) is 20.8. The van der Waals surface area contributed by atoms with Gasteiger partial charge in [0.1, 0.15) is 5.03 Å². The second-order valence-corrected chi connectivity index (χ2v) is 7.77. The van der Waals surface area contributed by atoms with Gasteiger partial charge in [0.05, 0.1) is 5.37 Å². The second-order valence-electron chi connectivity index (χ2n) is 5.23. The average Bonchev–Trinajstić information content (AvgIpc) is 2.54. The van der Waals surface area contributed by atoms with E-state index in [2.05, 4.69) is 38.8 Å². The zero-order chi connectivity index (χ0) is 15.5. The van der Waals surface area contributed by atoms with Gasteiger partial charge in [0.15, 0.2) is 0 Å². The Kier molecular flexibility index (Phi) is 9.23. The minimum Gasteiger partial charge on any atom is -0.314 e. The summed E-state index contributed by atoms with van der Waals surface area (Å²) in [6.45, 7) is 10.7. The molecule has 7 heteroatoms. The first-order valence-corrected chi connectivity index (χ1v) is 10.2. The standard InChI is InChI=1S/C15H27N5S2/c1-14(21-22-15-4-2-3-5-19-15)20-12-10-17-8-6-16-7-9-18-11-13-20/h2-5,14,16-18H,6-13H2,1H3. The van der Waals surface area contributed by atoms with Crippen molar-refractivity contribution >= 4 is 21.6 Å². The van der Waals surface area contributed by atoms with Gasteiger partial charge >= 0.3 is 0 Å². The van der Waals surface area contributed by atoms with Gasteiger partial charge in [-0.05, 0) is 29.9 Å². The van der Waals surface area contributed by atoms with E-state index in [9.17, 15) is 0 Å². The van der Waals surface area contributed by atoms with Gasteiger partial charge in [-0.1, -0.05) is 16.9 Å². The smallest absolute Gasteiger partial charge is 0.107 e. The van der Waals surface area contributed by atoms with Gasteiger partial charge in [-0.3, -0.25) is 4.90 Å². The minimum absolute atomic E-state index is 0.469. The monoisotopic (exact) mass is 341 g/mol. The van der Waals surface area contributed by atoms with Gasteiger partial charge < -0.3 is 16.0 Å². The molecule has 2 heterocycles. The van der Waals surface area contributed by atoms with Crippen LogP contribution >= 0.6 is 21.6 Å². The first-order valence-electron chi connectivity index (χ1n) is 7.97. The highest BCUT2D eigenvalue weighted by Crippen LogP contribution is 2.34. The highest BCUT2D eigenvalue weighted by atomic mass is 33.1. The zero-order valence-corrected chi connectivity index (χ0v) is 14.9. The number of hydrogen-bond acceptors (Lipinski definition) is 7. The van der Waals surface area contributed by atoms with Crippen LogP contribution in [0.1, 0.15) is 6.92 Å². The van der Waals surface area contributed by atoms with Crippen LogP contribution in [0.15, 0.2) is 29.4 Å². The number of nitrogens with one attached hydrogen (secondary N) is 3. The maximum atomic E-state index is 4.37. The summed E-state index contributed by atoms with van der Waals surface area (Å²) < 4.78 is 0. The van der Waals surface area contributed by atoms with Crippen LogP contribution < -0.4 is 16.0 Å². The number of hydrogen-bond donors (Lipinski definition) is 3. The molecule has 0 aliphatic carbocycles. The third-order valence-corrected chi connectivity index (χ3v) is 6.26. The second kappa shape index (κ2) is 11.3. The molecule has 0 saturated carbocycles. The lowest BCUT2D eigenvalue weighted by molar-refractivity contribution is 0.265. The first kappa shape index (κ1) is 18.0. The van der Waals surface area contributed by atoms with E-state index in [0.29, 0.717) is 5.37 Å². The molecule has 1 fully saturated rings. The van der Waals surface area contributed by atoms with Crippen LogP contribution in [0, 0.1) is 0 Å². The number of pyridine rings is 1. The van der Waals surface area contributed by atoms with Crippen LogP contribution in [-0.4, -0.2) is 67.6 Å². The molecule has 1 unspecified atom stereocenters. The summed E-state index contributed by atoms with van der Waals surface area (Å²) in [7, 11) is 3.65. The molecule has 1 aromatic rings. The van der Waals surface area contributed by atoms with E-state index in [1.807, 2.05) is 29.1 Å². The summed E-state index contributed by atoms with van der Waals surface area (Å²) in [6, 6.07) is 6.07. The third-order valence-electron chi connectivity index (χ3n) is 3.53. The van der Waals surface area contributed by atoms with Crippen molar-refractivity contribution in [2.75, 3.05) is 52.4 Å². The maximum Gasteiger partial charge on any atom is 0.107 e. The molecule has 1 atom stereocenters. The van der Waals surface area contributed by atoms with Crippen LogP contribution in [0.4, 0.5) is 0 Å². The summed E-state index contributed by atoms with van der Waals surface area (Å²) in [5.41, 5.74) is 0. The molecule has 22 heavy (non-hydrogen) atoms. The summed E-state index contributed by atoms with van der Waals surface area (Å²) in [4.78, 5) is 6.91. The van der Waals surface area contributed by atoms with Gasteiger partial charge in [-0.25, -0.2) is 4.98 Å². The Labute approximate surface area is 141 Å². The van der Waals surface area contributed by atoms with Crippen molar-refractivity contribution in [1.82, 2.24) is 25.8 Å². The fraction of sp³-hybridized carbons (Fsp3) is 0.667. The molecule has 1 aromatic heterocycles. The van der Waals surface area contributed by atoms with Crippen LogP contribution in [-0.2, 0) is 0 Å². The van der Waals surface area contributed by atoms with E-state index in [4.69, 9.17) is 0 Å². The molecule has 0 bridgehead atoms. The van der Waals surface area contributed by atoms with Gasteiger partial charge in [0, 0.05) is 58.6 Å². The molecule has 0 aromatic carbocycles. The molecule has 124 valence electrons. The molecule has 1 aliphatic rings. The van der Waals surface area contributed by atoms with E-state index in [-0.39, 0.29) is 0 Å². The van der Waals surface area contributed by atoms with Crippen molar-refractivity contribution in [3.8, 4) is 0 Å². The molecular formula is C15H27N5S2. The molecule has 0 radical (unpaired) electrons. The Bertz CT molecular complexity index is 381. The summed E-state index contributed by atoms with van der Waals surface area (Å²) in [5.74, 6) is 0. The molecule has 5 nitrogen and oxygen atoms in total. The molecule has 0 amide bonds. The Balaban J connectivity index is 1.77. The van der Waals surface area contributed by atoms with Crippen molar-refractivity contribution in [3.63, 3.8) is 0 Å². The fourth-order valence-corrected chi connectivity index (χ4v) is 4.41. The van der Waals surface area contributed by atoms with Gasteiger partial charge in [-0.2, -0.15) is 0 Å². The number of nitrogens with zero attached hydrogens (tertiary/aromatic N) is 2.